The number of hydrogen-bond acceptors (Lipinski definition) is 1. The minimum Gasteiger partial charge on any atom is -0.387 e. The van der Waals surface area contributed by atoms with E-state index >= 15 is 0 Å². The summed E-state index contributed by atoms with van der Waals surface area (Å²) in [6.07, 6.45) is 7.02. The van der Waals surface area contributed by atoms with Crippen LogP contribution in [0.1, 0.15) is 13.3 Å². The van der Waals surface area contributed by atoms with Gasteiger partial charge in [0.25, 0.3) is 0 Å². The molecule has 1 aliphatic carbocycles. The first-order valence-electron chi connectivity index (χ1n) is 3.39. The van der Waals surface area contributed by atoms with Crippen molar-refractivity contribution < 1.29 is 0 Å². The Morgan fingerprint density at radius 3 is 2.90 bits per heavy atom. The molecule has 0 saturated heterocycles. The van der Waals surface area contributed by atoms with Gasteiger partial charge in [-0.15, -0.1) is 0 Å². The van der Waals surface area contributed by atoms with Crippen LogP contribution in [0.25, 0.3) is 0 Å². The van der Waals surface area contributed by atoms with Gasteiger partial charge in [-0.2, -0.15) is 0 Å². The van der Waals surface area contributed by atoms with Crippen molar-refractivity contribution in [1.82, 2.24) is 0 Å². The predicted molar refractivity (Wildman–Crippen MR) is 42.9 cm³/mol. The van der Waals surface area contributed by atoms with Crippen molar-refractivity contribution >= 4 is 5.84 Å². The largest absolute Gasteiger partial charge is 0.387 e. The van der Waals surface area contributed by atoms with Crippen molar-refractivity contribution in [3.63, 3.8) is 0 Å². The number of amidine groups is 1. The van der Waals surface area contributed by atoms with E-state index in [9.17, 15) is 0 Å². The van der Waals surface area contributed by atoms with E-state index in [-0.39, 0.29) is 11.8 Å². The standard InChI is InChI=1S/C8H12N2/c1-6-3-2-4-7(5-6)8(9)10/h2-3,5,7H,4H2,1H3,(H3,9,10). The van der Waals surface area contributed by atoms with E-state index in [2.05, 4.69) is 12.2 Å². The fourth-order valence-corrected chi connectivity index (χ4v) is 1.06. The van der Waals surface area contributed by atoms with Crippen molar-refractivity contribution in [2.24, 2.45) is 11.7 Å². The molecule has 0 aromatic heterocycles. The topological polar surface area (TPSA) is 49.9 Å². The third kappa shape index (κ3) is 1.47. The van der Waals surface area contributed by atoms with Crippen molar-refractivity contribution in [2.45, 2.75) is 13.3 Å². The van der Waals surface area contributed by atoms with Gasteiger partial charge in [0.2, 0.25) is 0 Å². The third-order valence-electron chi connectivity index (χ3n) is 1.63. The number of nitrogens with one attached hydrogen (secondary N) is 1. The zero-order chi connectivity index (χ0) is 7.56. The molecule has 3 N–H and O–H groups in total. The lowest BCUT2D eigenvalue weighted by atomic mass is 9.96. The normalized spacial score (nSPS) is 24.1. The van der Waals surface area contributed by atoms with Gasteiger partial charge in [-0.1, -0.05) is 23.8 Å². The Hall–Kier alpha value is -1.05. The molecule has 0 fully saturated rings. The van der Waals surface area contributed by atoms with Gasteiger partial charge in [-0.05, 0) is 13.3 Å². The molecule has 0 amide bonds. The van der Waals surface area contributed by atoms with Crippen molar-refractivity contribution in [1.29, 1.82) is 5.41 Å². The monoisotopic (exact) mass is 136 g/mol. The molecule has 1 aliphatic rings. The van der Waals surface area contributed by atoms with Gasteiger partial charge in [0.1, 0.15) is 0 Å². The highest BCUT2D eigenvalue weighted by atomic mass is 14.7. The quantitative estimate of drug-likeness (QED) is 0.416. The maximum absolute atomic E-state index is 7.18. The molecule has 10 heavy (non-hydrogen) atoms. The van der Waals surface area contributed by atoms with Gasteiger partial charge in [-0.3, -0.25) is 5.41 Å². The molecule has 1 unspecified atom stereocenters. The molecule has 0 spiro atoms. The molecular weight excluding hydrogens is 124 g/mol. The van der Waals surface area contributed by atoms with E-state index in [0.717, 1.165) is 6.42 Å². The first-order chi connectivity index (χ1) is 4.70. The molecule has 0 saturated carbocycles. The van der Waals surface area contributed by atoms with Crippen LogP contribution in [-0.4, -0.2) is 5.84 Å². The zero-order valence-corrected chi connectivity index (χ0v) is 6.09. The Labute approximate surface area is 60.9 Å². The SMILES string of the molecule is CC1=CC(C(=N)N)CC=C1. The van der Waals surface area contributed by atoms with Gasteiger partial charge in [0.15, 0.2) is 0 Å². The molecule has 0 aliphatic heterocycles. The maximum Gasteiger partial charge on any atom is 0.0979 e. The second kappa shape index (κ2) is 2.69. The summed E-state index contributed by atoms with van der Waals surface area (Å²) in [5.74, 6) is 0.411. The number of hydrogen-bond donors (Lipinski definition) is 2. The van der Waals surface area contributed by atoms with E-state index in [1.807, 2.05) is 13.0 Å². The Balaban J connectivity index is 2.69. The summed E-state index contributed by atoms with van der Waals surface area (Å²) >= 11 is 0. The molecule has 0 aromatic carbocycles. The minimum absolute atomic E-state index is 0.144. The number of allylic oxidation sites excluding steroid dienone is 3. The maximum atomic E-state index is 7.18. The summed E-state index contributed by atoms with van der Waals surface area (Å²) in [4.78, 5) is 0. The Morgan fingerprint density at radius 2 is 2.50 bits per heavy atom. The van der Waals surface area contributed by atoms with Crippen LogP contribution in [0, 0.1) is 11.3 Å². The number of nitrogens with two attached hydrogens (primary N) is 1. The smallest absolute Gasteiger partial charge is 0.0979 e. The van der Waals surface area contributed by atoms with E-state index in [1.165, 1.54) is 5.57 Å². The average Bonchev–Trinajstić information content (AvgIpc) is 1.88. The van der Waals surface area contributed by atoms with Crippen molar-refractivity contribution in [3.05, 3.63) is 23.8 Å². The van der Waals surface area contributed by atoms with E-state index < -0.39 is 0 Å². The summed E-state index contributed by atoms with van der Waals surface area (Å²) in [5.41, 5.74) is 6.53. The summed E-state index contributed by atoms with van der Waals surface area (Å²) in [6.45, 7) is 2.02. The Bertz CT molecular complexity index is 201. The van der Waals surface area contributed by atoms with Gasteiger partial charge in [0, 0.05) is 5.92 Å². The molecule has 0 radical (unpaired) electrons. The van der Waals surface area contributed by atoms with Gasteiger partial charge in [0.05, 0.1) is 5.84 Å². The van der Waals surface area contributed by atoms with Crippen LogP contribution in [0.2, 0.25) is 0 Å². The molecule has 2 heteroatoms. The second-order valence-corrected chi connectivity index (χ2v) is 2.61. The van der Waals surface area contributed by atoms with Gasteiger partial charge in [-0.25, -0.2) is 0 Å². The van der Waals surface area contributed by atoms with Crippen LogP contribution in [0.3, 0.4) is 0 Å². The molecule has 54 valence electrons. The second-order valence-electron chi connectivity index (χ2n) is 2.61. The first kappa shape index (κ1) is 7.06. The summed E-state index contributed by atoms with van der Waals surface area (Å²) in [6, 6.07) is 0. The van der Waals surface area contributed by atoms with Crippen LogP contribution in [-0.2, 0) is 0 Å². The lowest BCUT2D eigenvalue weighted by Gasteiger charge is -2.12. The Kier molecular flexibility index (Phi) is 1.90. The molecule has 1 atom stereocenters. The molecule has 0 bridgehead atoms. The van der Waals surface area contributed by atoms with E-state index in [0.29, 0.717) is 0 Å². The van der Waals surface area contributed by atoms with Crippen LogP contribution < -0.4 is 5.73 Å². The highest BCUT2D eigenvalue weighted by molar-refractivity contribution is 5.82. The Morgan fingerprint density at radius 1 is 1.80 bits per heavy atom. The van der Waals surface area contributed by atoms with Crippen LogP contribution in [0.4, 0.5) is 0 Å². The van der Waals surface area contributed by atoms with Crippen LogP contribution in [0.15, 0.2) is 23.8 Å². The summed E-state index contributed by atoms with van der Waals surface area (Å²) < 4.78 is 0. The first-order valence-corrected chi connectivity index (χ1v) is 3.39. The lowest BCUT2D eigenvalue weighted by Crippen LogP contribution is -2.21. The summed E-state index contributed by atoms with van der Waals surface area (Å²) in [5, 5.41) is 7.18. The predicted octanol–water partition coefficient (Wildman–Crippen LogP) is 1.44. The van der Waals surface area contributed by atoms with Crippen molar-refractivity contribution in [3.8, 4) is 0 Å². The van der Waals surface area contributed by atoms with E-state index in [4.69, 9.17) is 11.1 Å². The third-order valence-corrected chi connectivity index (χ3v) is 1.63. The average molecular weight is 136 g/mol. The molecule has 2 nitrogen and oxygen atoms in total. The number of rotatable bonds is 1. The highest BCUT2D eigenvalue weighted by Gasteiger charge is 2.09. The van der Waals surface area contributed by atoms with Gasteiger partial charge >= 0.3 is 0 Å². The molecule has 1 rings (SSSR count). The molecule has 0 heterocycles. The summed E-state index contributed by atoms with van der Waals surface area (Å²) in [7, 11) is 0. The fourth-order valence-electron chi connectivity index (χ4n) is 1.06. The van der Waals surface area contributed by atoms with Gasteiger partial charge < -0.3 is 5.73 Å². The molecule has 0 aromatic rings. The van der Waals surface area contributed by atoms with Crippen molar-refractivity contribution in [2.75, 3.05) is 0 Å². The van der Waals surface area contributed by atoms with E-state index in [1.54, 1.807) is 0 Å². The highest BCUT2D eigenvalue weighted by Crippen LogP contribution is 2.15. The van der Waals surface area contributed by atoms with Crippen LogP contribution >= 0.6 is 0 Å². The lowest BCUT2D eigenvalue weighted by molar-refractivity contribution is 0.841. The zero-order valence-electron chi connectivity index (χ0n) is 6.09. The van der Waals surface area contributed by atoms with Crippen LogP contribution in [0.5, 0.6) is 0 Å². The minimum atomic E-state index is 0.144. The molecular formula is C8H12N2. The fraction of sp³-hybridized carbons (Fsp3) is 0.375.